The Bertz CT molecular complexity index is 878. The summed E-state index contributed by atoms with van der Waals surface area (Å²) in [5.41, 5.74) is 0.884. The zero-order valence-electron chi connectivity index (χ0n) is 12.2. The van der Waals surface area contributed by atoms with Crippen LogP contribution in [0, 0.1) is 5.82 Å². The molecule has 1 aliphatic rings. The lowest BCUT2D eigenvalue weighted by Crippen LogP contribution is -2.41. The molecule has 0 saturated carbocycles. The standard InChI is InChI=1S/C14H14FN3O4S/c1-17-8-16-12-7-18(6-11(13(12)17)14(19)20)23(21,22)10-4-2-3-9(15)5-10/h2-5,8,11H,6-7H2,1H3,(H,19,20). The summed E-state index contributed by atoms with van der Waals surface area (Å²) in [6.45, 7) is -0.264. The third-order valence-electron chi connectivity index (χ3n) is 3.84. The van der Waals surface area contributed by atoms with E-state index in [0.717, 1.165) is 16.4 Å². The number of fused-ring (bicyclic) bond motifs is 1. The van der Waals surface area contributed by atoms with E-state index in [2.05, 4.69) is 4.98 Å². The number of aliphatic carboxylic acids is 1. The summed E-state index contributed by atoms with van der Waals surface area (Å²) in [5.74, 6) is -2.82. The largest absolute Gasteiger partial charge is 0.481 e. The van der Waals surface area contributed by atoms with Gasteiger partial charge in [-0.15, -0.1) is 0 Å². The first kappa shape index (κ1) is 15.6. The van der Waals surface area contributed by atoms with Gasteiger partial charge in [-0.2, -0.15) is 4.31 Å². The number of halogens is 1. The number of hydrogen-bond acceptors (Lipinski definition) is 4. The Kier molecular flexibility index (Phi) is 3.69. The molecular weight excluding hydrogens is 325 g/mol. The predicted octanol–water partition coefficient (Wildman–Crippen LogP) is 0.932. The fraction of sp³-hybridized carbons (Fsp3) is 0.286. The maximum atomic E-state index is 13.3. The molecule has 0 fully saturated rings. The highest BCUT2D eigenvalue weighted by Crippen LogP contribution is 2.31. The average Bonchev–Trinajstić information content (AvgIpc) is 2.88. The van der Waals surface area contributed by atoms with Gasteiger partial charge in [-0.25, -0.2) is 17.8 Å². The number of hydrogen-bond donors (Lipinski definition) is 1. The van der Waals surface area contributed by atoms with Gasteiger partial charge in [0.1, 0.15) is 11.7 Å². The fourth-order valence-corrected chi connectivity index (χ4v) is 4.18. The van der Waals surface area contributed by atoms with E-state index in [9.17, 15) is 22.7 Å². The van der Waals surface area contributed by atoms with E-state index < -0.39 is 27.7 Å². The number of imidazole rings is 1. The third-order valence-corrected chi connectivity index (χ3v) is 5.64. The second kappa shape index (κ2) is 5.43. The highest BCUT2D eigenvalue weighted by atomic mass is 32.2. The van der Waals surface area contributed by atoms with Crippen molar-refractivity contribution < 1.29 is 22.7 Å². The van der Waals surface area contributed by atoms with Crippen LogP contribution < -0.4 is 0 Å². The molecule has 0 amide bonds. The number of sulfonamides is 1. The first-order valence-electron chi connectivity index (χ1n) is 6.79. The van der Waals surface area contributed by atoms with Gasteiger partial charge in [0.15, 0.2) is 0 Å². The second-order valence-corrected chi connectivity index (χ2v) is 7.27. The number of aryl methyl sites for hydroxylation is 1. The Morgan fingerprint density at radius 3 is 2.83 bits per heavy atom. The molecule has 0 aliphatic carbocycles. The SMILES string of the molecule is Cn1cnc2c1C(C(=O)O)CN(S(=O)(=O)c1cccc(F)c1)C2. The van der Waals surface area contributed by atoms with Crippen LogP contribution >= 0.6 is 0 Å². The summed E-state index contributed by atoms with van der Waals surface area (Å²) in [5, 5.41) is 9.40. The molecule has 0 spiro atoms. The molecule has 1 aliphatic heterocycles. The van der Waals surface area contributed by atoms with Crippen LogP contribution in [0.25, 0.3) is 0 Å². The van der Waals surface area contributed by atoms with Gasteiger partial charge in [-0.1, -0.05) is 6.07 Å². The van der Waals surface area contributed by atoms with Gasteiger partial charge in [0.05, 0.1) is 29.2 Å². The fourth-order valence-electron chi connectivity index (χ4n) is 2.73. The van der Waals surface area contributed by atoms with Gasteiger partial charge in [0, 0.05) is 13.6 Å². The Labute approximate surface area is 132 Å². The molecule has 122 valence electrons. The van der Waals surface area contributed by atoms with E-state index >= 15 is 0 Å². The lowest BCUT2D eigenvalue weighted by atomic mass is 10.0. The van der Waals surface area contributed by atoms with Crippen molar-refractivity contribution >= 4 is 16.0 Å². The van der Waals surface area contributed by atoms with E-state index in [4.69, 9.17) is 0 Å². The van der Waals surface area contributed by atoms with Crippen LogP contribution in [0.2, 0.25) is 0 Å². The molecule has 7 nitrogen and oxygen atoms in total. The molecule has 2 aromatic rings. The summed E-state index contributed by atoms with van der Waals surface area (Å²) >= 11 is 0. The quantitative estimate of drug-likeness (QED) is 0.898. The van der Waals surface area contributed by atoms with E-state index in [1.54, 1.807) is 11.6 Å². The number of nitrogens with zero attached hydrogens (tertiary/aromatic N) is 3. The topological polar surface area (TPSA) is 92.5 Å². The third kappa shape index (κ3) is 2.62. The van der Waals surface area contributed by atoms with Gasteiger partial charge in [-0.05, 0) is 18.2 Å². The number of aromatic nitrogens is 2. The van der Waals surface area contributed by atoms with Crippen molar-refractivity contribution in [3.05, 3.63) is 47.8 Å². The van der Waals surface area contributed by atoms with E-state index in [1.807, 2.05) is 0 Å². The van der Waals surface area contributed by atoms with Crippen molar-refractivity contribution in [3.63, 3.8) is 0 Å². The van der Waals surface area contributed by atoms with Gasteiger partial charge in [-0.3, -0.25) is 4.79 Å². The molecule has 9 heteroatoms. The van der Waals surface area contributed by atoms with E-state index in [1.165, 1.54) is 18.5 Å². The first-order chi connectivity index (χ1) is 10.8. The Morgan fingerprint density at radius 2 is 2.17 bits per heavy atom. The van der Waals surface area contributed by atoms with Crippen molar-refractivity contribution in [1.82, 2.24) is 13.9 Å². The van der Waals surface area contributed by atoms with Crippen molar-refractivity contribution in [2.75, 3.05) is 6.54 Å². The minimum absolute atomic E-state index is 0.0429. The van der Waals surface area contributed by atoms with Gasteiger partial charge < -0.3 is 9.67 Å². The zero-order chi connectivity index (χ0) is 16.8. The van der Waals surface area contributed by atoms with Crippen LogP contribution in [-0.4, -0.2) is 39.9 Å². The molecule has 1 unspecified atom stereocenters. The number of rotatable bonds is 3. The maximum absolute atomic E-state index is 13.3. The van der Waals surface area contributed by atoms with E-state index in [-0.39, 0.29) is 18.0 Å². The van der Waals surface area contributed by atoms with Crippen molar-refractivity contribution in [2.45, 2.75) is 17.4 Å². The van der Waals surface area contributed by atoms with Crippen molar-refractivity contribution in [2.24, 2.45) is 7.05 Å². The summed E-state index contributed by atoms with van der Waals surface area (Å²) in [6.07, 6.45) is 1.46. The summed E-state index contributed by atoms with van der Waals surface area (Å²) in [6, 6.07) is 4.64. The van der Waals surface area contributed by atoms with Crippen LogP contribution in [0.3, 0.4) is 0 Å². The van der Waals surface area contributed by atoms with Gasteiger partial charge >= 0.3 is 5.97 Å². The number of carboxylic acid groups (broad SMARTS) is 1. The van der Waals surface area contributed by atoms with Crippen LogP contribution in [0.4, 0.5) is 4.39 Å². The monoisotopic (exact) mass is 339 g/mol. The smallest absolute Gasteiger partial charge is 0.313 e. The highest BCUT2D eigenvalue weighted by molar-refractivity contribution is 7.89. The Balaban J connectivity index is 2.04. The molecule has 0 saturated heterocycles. The zero-order valence-corrected chi connectivity index (χ0v) is 13.0. The van der Waals surface area contributed by atoms with Crippen LogP contribution in [0.15, 0.2) is 35.5 Å². The molecule has 0 radical (unpaired) electrons. The lowest BCUT2D eigenvalue weighted by molar-refractivity contribution is -0.139. The minimum atomic E-state index is -4.00. The highest BCUT2D eigenvalue weighted by Gasteiger charge is 2.39. The average molecular weight is 339 g/mol. The first-order valence-corrected chi connectivity index (χ1v) is 8.23. The molecule has 1 atom stereocenters. The number of benzene rings is 1. The van der Waals surface area contributed by atoms with Gasteiger partial charge in [0.25, 0.3) is 0 Å². The number of carbonyl (C=O) groups is 1. The normalized spacial score (nSPS) is 18.6. The molecule has 1 aromatic heterocycles. The predicted molar refractivity (Wildman–Crippen MR) is 77.6 cm³/mol. The molecular formula is C14H14FN3O4S. The minimum Gasteiger partial charge on any atom is -0.481 e. The molecule has 1 N–H and O–H groups in total. The molecule has 23 heavy (non-hydrogen) atoms. The van der Waals surface area contributed by atoms with Crippen LogP contribution in [-0.2, 0) is 28.4 Å². The maximum Gasteiger partial charge on any atom is 0.313 e. The van der Waals surface area contributed by atoms with Crippen molar-refractivity contribution in [1.29, 1.82) is 0 Å². The molecule has 0 bridgehead atoms. The summed E-state index contributed by atoms with van der Waals surface area (Å²) in [4.78, 5) is 15.4. The van der Waals surface area contributed by atoms with Crippen molar-refractivity contribution in [3.8, 4) is 0 Å². The Morgan fingerprint density at radius 1 is 1.43 bits per heavy atom. The van der Waals surface area contributed by atoms with Gasteiger partial charge in [0.2, 0.25) is 10.0 Å². The van der Waals surface area contributed by atoms with Crippen LogP contribution in [0.1, 0.15) is 17.3 Å². The van der Waals surface area contributed by atoms with E-state index in [0.29, 0.717) is 11.4 Å². The summed E-state index contributed by atoms with van der Waals surface area (Å²) in [7, 11) is -2.34. The lowest BCUT2D eigenvalue weighted by Gasteiger charge is -2.30. The molecule has 3 rings (SSSR count). The molecule has 1 aromatic carbocycles. The Hall–Kier alpha value is -2.26. The molecule has 2 heterocycles. The van der Waals surface area contributed by atoms with Crippen LogP contribution in [0.5, 0.6) is 0 Å². The number of carboxylic acids is 1. The second-order valence-electron chi connectivity index (χ2n) is 5.33. The summed E-state index contributed by atoms with van der Waals surface area (Å²) < 4.78 is 41.2.